The van der Waals surface area contributed by atoms with Gasteiger partial charge in [-0.25, -0.2) is 0 Å². The van der Waals surface area contributed by atoms with Gasteiger partial charge in [0.25, 0.3) is 5.91 Å². The number of piperidine rings is 1. The predicted octanol–water partition coefficient (Wildman–Crippen LogP) is 4.77. The van der Waals surface area contributed by atoms with E-state index in [2.05, 4.69) is 59.9 Å². The summed E-state index contributed by atoms with van der Waals surface area (Å²) in [7, 11) is 0. The van der Waals surface area contributed by atoms with E-state index in [4.69, 9.17) is 4.74 Å². The molecule has 4 nitrogen and oxygen atoms in total. The molecule has 1 fully saturated rings. The Morgan fingerprint density at radius 1 is 1.14 bits per heavy atom. The number of amides is 1. The van der Waals surface area contributed by atoms with Gasteiger partial charge >= 0.3 is 0 Å². The Labute approximate surface area is 172 Å². The topological polar surface area (TPSA) is 41.6 Å². The van der Waals surface area contributed by atoms with Crippen LogP contribution in [-0.4, -0.2) is 37.0 Å². The van der Waals surface area contributed by atoms with Crippen molar-refractivity contribution in [3.63, 3.8) is 0 Å². The molecular weight excluding hydrogens is 368 g/mol. The molecule has 1 N–H and O–H groups in total. The molecule has 1 atom stereocenters. The van der Waals surface area contributed by atoms with Crippen molar-refractivity contribution in [3.8, 4) is 5.75 Å². The number of hydrogen-bond acceptors (Lipinski definition) is 4. The van der Waals surface area contributed by atoms with Crippen molar-refractivity contribution in [3.05, 3.63) is 52.2 Å². The first-order valence-corrected chi connectivity index (χ1v) is 11.1. The molecule has 1 saturated heterocycles. The van der Waals surface area contributed by atoms with Crippen molar-refractivity contribution in [1.29, 1.82) is 0 Å². The molecular formula is C23H32N2O2S. The zero-order chi connectivity index (χ0) is 20.0. The lowest BCUT2D eigenvalue weighted by molar-refractivity contribution is -0.123. The van der Waals surface area contributed by atoms with E-state index in [0.29, 0.717) is 6.54 Å². The molecule has 5 heteroatoms. The molecule has 2 aromatic rings. The maximum absolute atomic E-state index is 12.3. The second-order valence-electron chi connectivity index (χ2n) is 8.54. The Morgan fingerprint density at radius 2 is 1.86 bits per heavy atom. The van der Waals surface area contributed by atoms with Gasteiger partial charge in [0.1, 0.15) is 5.75 Å². The summed E-state index contributed by atoms with van der Waals surface area (Å²) in [5.41, 5.74) is 2.66. The monoisotopic (exact) mass is 400 g/mol. The van der Waals surface area contributed by atoms with E-state index in [1.54, 1.807) is 11.3 Å². The zero-order valence-electron chi connectivity index (χ0n) is 17.2. The van der Waals surface area contributed by atoms with Crippen molar-refractivity contribution < 1.29 is 9.53 Å². The number of ether oxygens (including phenoxy) is 1. The van der Waals surface area contributed by atoms with Crippen LogP contribution in [0.2, 0.25) is 0 Å². The fraction of sp³-hybridized carbons (Fsp3) is 0.522. The van der Waals surface area contributed by atoms with Crippen LogP contribution < -0.4 is 10.1 Å². The third-order valence-electron chi connectivity index (χ3n) is 5.34. The molecule has 0 saturated carbocycles. The molecule has 28 heavy (non-hydrogen) atoms. The van der Waals surface area contributed by atoms with E-state index in [1.807, 2.05) is 12.1 Å². The van der Waals surface area contributed by atoms with Crippen LogP contribution in [0.1, 0.15) is 57.2 Å². The highest BCUT2D eigenvalue weighted by molar-refractivity contribution is 7.07. The molecule has 1 amide bonds. The Morgan fingerprint density at radius 3 is 2.46 bits per heavy atom. The number of hydrogen-bond donors (Lipinski definition) is 1. The molecule has 0 spiro atoms. The van der Waals surface area contributed by atoms with Gasteiger partial charge in [-0.05, 0) is 71.4 Å². The van der Waals surface area contributed by atoms with Gasteiger partial charge < -0.3 is 10.1 Å². The third kappa shape index (κ3) is 5.82. The first-order chi connectivity index (χ1) is 13.4. The van der Waals surface area contributed by atoms with Crippen LogP contribution >= 0.6 is 11.3 Å². The average Bonchev–Trinajstić information content (AvgIpc) is 3.21. The molecule has 1 aliphatic heterocycles. The van der Waals surface area contributed by atoms with Gasteiger partial charge in [-0.2, -0.15) is 11.3 Å². The van der Waals surface area contributed by atoms with E-state index >= 15 is 0 Å². The highest BCUT2D eigenvalue weighted by Gasteiger charge is 2.23. The summed E-state index contributed by atoms with van der Waals surface area (Å²) in [6, 6.07) is 10.4. The van der Waals surface area contributed by atoms with Crippen LogP contribution in [0.25, 0.3) is 0 Å². The summed E-state index contributed by atoms with van der Waals surface area (Å²) in [5.74, 6) is 0.658. The van der Waals surface area contributed by atoms with Crippen LogP contribution in [0, 0.1) is 0 Å². The Kier molecular flexibility index (Phi) is 7.13. The Balaban J connectivity index is 1.50. The van der Waals surface area contributed by atoms with Crippen molar-refractivity contribution in [2.24, 2.45) is 0 Å². The fourth-order valence-electron chi connectivity index (χ4n) is 3.61. The molecule has 3 rings (SSSR count). The van der Waals surface area contributed by atoms with Gasteiger partial charge in [0.15, 0.2) is 6.61 Å². The maximum Gasteiger partial charge on any atom is 0.258 e. The van der Waals surface area contributed by atoms with Crippen molar-refractivity contribution in [1.82, 2.24) is 10.2 Å². The lowest BCUT2D eigenvalue weighted by Gasteiger charge is -2.34. The highest BCUT2D eigenvalue weighted by atomic mass is 32.1. The summed E-state index contributed by atoms with van der Waals surface area (Å²) in [6.45, 7) is 9.43. The summed E-state index contributed by atoms with van der Waals surface area (Å²) in [6.07, 6.45) is 3.78. The molecule has 1 aromatic heterocycles. The second kappa shape index (κ2) is 9.57. The summed E-state index contributed by atoms with van der Waals surface area (Å²) in [4.78, 5) is 14.8. The van der Waals surface area contributed by atoms with Crippen LogP contribution in [0.3, 0.4) is 0 Å². The van der Waals surface area contributed by atoms with Gasteiger partial charge in [-0.1, -0.05) is 39.3 Å². The molecule has 152 valence electrons. The lowest BCUT2D eigenvalue weighted by atomic mass is 9.87. The predicted molar refractivity (Wildman–Crippen MR) is 116 cm³/mol. The number of benzene rings is 1. The van der Waals surface area contributed by atoms with Gasteiger partial charge in [-0.15, -0.1) is 0 Å². The van der Waals surface area contributed by atoms with E-state index in [1.165, 1.54) is 30.4 Å². The van der Waals surface area contributed by atoms with Crippen LogP contribution in [-0.2, 0) is 10.2 Å². The van der Waals surface area contributed by atoms with E-state index in [-0.39, 0.29) is 24.0 Å². The minimum atomic E-state index is -0.0721. The highest BCUT2D eigenvalue weighted by Crippen LogP contribution is 2.26. The molecule has 0 bridgehead atoms. The van der Waals surface area contributed by atoms with Crippen LogP contribution in [0.15, 0.2) is 41.1 Å². The largest absolute Gasteiger partial charge is 0.484 e. The zero-order valence-corrected chi connectivity index (χ0v) is 18.1. The lowest BCUT2D eigenvalue weighted by Crippen LogP contribution is -2.41. The number of nitrogens with one attached hydrogen (secondary N) is 1. The number of rotatable bonds is 7. The van der Waals surface area contributed by atoms with E-state index in [9.17, 15) is 4.79 Å². The summed E-state index contributed by atoms with van der Waals surface area (Å²) in [5, 5.41) is 7.38. The first-order valence-electron chi connectivity index (χ1n) is 10.2. The number of carbonyl (C=O) groups is 1. The van der Waals surface area contributed by atoms with Crippen LogP contribution in [0.4, 0.5) is 0 Å². The van der Waals surface area contributed by atoms with Gasteiger partial charge in [0.2, 0.25) is 0 Å². The number of likely N-dealkylation sites (tertiary alicyclic amines) is 1. The standard InChI is InChI=1S/C23H32N2O2S/c1-23(2,3)19-7-9-20(10-8-19)27-16-22(26)24-15-21(18-11-14-28-17-18)25-12-5-4-6-13-25/h7-11,14,17,21H,4-6,12-13,15-16H2,1-3H3,(H,24,26). The molecule has 2 heterocycles. The number of thiophene rings is 1. The van der Waals surface area contributed by atoms with Crippen LogP contribution in [0.5, 0.6) is 5.75 Å². The van der Waals surface area contributed by atoms with Crippen molar-refractivity contribution in [2.75, 3.05) is 26.2 Å². The first kappa shape index (κ1) is 20.9. The summed E-state index contributed by atoms with van der Waals surface area (Å²) < 4.78 is 5.68. The minimum absolute atomic E-state index is 0.0468. The quantitative estimate of drug-likeness (QED) is 0.728. The fourth-order valence-corrected chi connectivity index (χ4v) is 4.32. The van der Waals surface area contributed by atoms with Gasteiger partial charge in [0, 0.05) is 6.54 Å². The molecule has 0 radical (unpaired) electrons. The average molecular weight is 401 g/mol. The summed E-state index contributed by atoms with van der Waals surface area (Å²) >= 11 is 1.71. The number of nitrogens with zero attached hydrogens (tertiary/aromatic N) is 1. The second-order valence-corrected chi connectivity index (χ2v) is 9.32. The smallest absolute Gasteiger partial charge is 0.258 e. The Bertz CT molecular complexity index is 729. The normalized spacial score (nSPS) is 16.5. The van der Waals surface area contributed by atoms with E-state index in [0.717, 1.165) is 18.8 Å². The molecule has 1 aromatic carbocycles. The van der Waals surface area contributed by atoms with Crippen molar-refractivity contribution in [2.45, 2.75) is 51.5 Å². The Hall–Kier alpha value is -1.85. The molecule has 1 unspecified atom stereocenters. The van der Waals surface area contributed by atoms with Gasteiger partial charge in [-0.3, -0.25) is 9.69 Å². The van der Waals surface area contributed by atoms with Crippen molar-refractivity contribution >= 4 is 17.2 Å². The van der Waals surface area contributed by atoms with Gasteiger partial charge in [0.05, 0.1) is 6.04 Å². The molecule has 0 aliphatic carbocycles. The minimum Gasteiger partial charge on any atom is -0.484 e. The van der Waals surface area contributed by atoms with E-state index < -0.39 is 0 Å². The maximum atomic E-state index is 12.3. The number of carbonyl (C=O) groups excluding carboxylic acids is 1. The third-order valence-corrected chi connectivity index (χ3v) is 6.04. The molecule has 1 aliphatic rings. The SMILES string of the molecule is CC(C)(C)c1ccc(OCC(=O)NCC(c2ccsc2)N2CCCCC2)cc1.